The predicted molar refractivity (Wildman–Crippen MR) is 99.3 cm³/mol. The van der Waals surface area contributed by atoms with Gasteiger partial charge in [-0.05, 0) is 50.3 Å². The Labute approximate surface area is 152 Å². The molecule has 2 aromatic rings. The number of anilines is 1. The monoisotopic (exact) mass is 359 g/mol. The molecule has 6 heteroatoms. The first-order valence-corrected chi connectivity index (χ1v) is 8.89. The molecule has 1 saturated carbocycles. The van der Waals surface area contributed by atoms with Gasteiger partial charge in [-0.2, -0.15) is 0 Å². The topological polar surface area (TPSA) is 63.2 Å². The number of nitrogens with one attached hydrogen (secondary N) is 2. The second kappa shape index (κ2) is 8.21. The number of aromatic nitrogens is 1. The summed E-state index contributed by atoms with van der Waals surface area (Å²) in [7, 11) is 0. The molecule has 3 rings (SSSR count). The Balaban J connectivity index is 1.43. The van der Waals surface area contributed by atoms with Gasteiger partial charge in [-0.25, -0.2) is 9.78 Å². The summed E-state index contributed by atoms with van der Waals surface area (Å²) >= 11 is 5.83. The highest BCUT2D eigenvalue weighted by Gasteiger charge is 2.24. The van der Waals surface area contributed by atoms with Crippen molar-refractivity contribution >= 4 is 23.3 Å². The number of ether oxygens (including phenoxy) is 1. The summed E-state index contributed by atoms with van der Waals surface area (Å²) in [6, 6.07) is 11.3. The molecule has 0 unspecified atom stereocenters. The maximum absolute atomic E-state index is 12.2. The molecular formula is C19H22ClN3O2. The predicted octanol–water partition coefficient (Wildman–Crippen LogP) is 4.56. The molecule has 1 heterocycles. The van der Waals surface area contributed by atoms with E-state index in [1.807, 2.05) is 31.2 Å². The van der Waals surface area contributed by atoms with Crippen molar-refractivity contribution in [3.05, 3.63) is 53.2 Å². The van der Waals surface area contributed by atoms with Crippen molar-refractivity contribution in [2.75, 3.05) is 5.32 Å². The molecule has 5 nitrogen and oxygen atoms in total. The zero-order valence-electron chi connectivity index (χ0n) is 14.2. The highest BCUT2D eigenvalue weighted by Crippen LogP contribution is 2.23. The van der Waals surface area contributed by atoms with Gasteiger partial charge in [0, 0.05) is 24.0 Å². The van der Waals surface area contributed by atoms with Crippen molar-refractivity contribution < 1.29 is 9.53 Å². The quantitative estimate of drug-likeness (QED) is 0.841. The van der Waals surface area contributed by atoms with Gasteiger partial charge in [0.25, 0.3) is 0 Å². The van der Waals surface area contributed by atoms with Crippen molar-refractivity contribution in [3.8, 4) is 5.88 Å². The van der Waals surface area contributed by atoms with Crippen LogP contribution in [0.5, 0.6) is 5.88 Å². The van der Waals surface area contributed by atoms with E-state index in [1.165, 1.54) is 0 Å². The summed E-state index contributed by atoms with van der Waals surface area (Å²) in [4.78, 5) is 16.3. The molecule has 2 amide bonds. The third-order valence-corrected chi connectivity index (χ3v) is 4.61. The van der Waals surface area contributed by atoms with E-state index in [0.29, 0.717) is 10.9 Å². The lowest BCUT2D eigenvalue weighted by molar-refractivity contribution is 0.135. The summed E-state index contributed by atoms with van der Waals surface area (Å²) in [6.45, 7) is 1.98. The molecule has 1 aromatic heterocycles. The van der Waals surface area contributed by atoms with Gasteiger partial charge < -0.3 is 15.4 Å². The third kappa shape index (κ3) is 5.10. The molecule has 0 atom stereocenters. The average molecular weight is 360 g/mol. The molecule has 132 valence electrons. The molecule has 0 aliphatic heterocycles. The van der Waals surface area contributed by atoms with Crippen LogP contribution in [0.25, 0.3) is 0 Å². The fraction of sp³-hybridized carbons (Fsp3) is 0.368. The number of halogens is 1. The van der Waals surface area contributed by atoms with Crippen molar-refractivity contribution in [1.82, 2.24) is 10.3 Å². The van der Waals surface area contributed by atoms with Gasteiger partial charge in [0.1, 0.15) is 6.10 Å². The second-order valence-electron chi connectivity index (χ2n) is 6.32. The number of para-hydroxylation sites is 1. The summed E-state index contributed by atoms with van der Waals surface area (Å²) in [6.07, 6.45) is 5.27. The van der Waals surface area contributed by atoms with Crippen LogP contribution in [0.4, 0.5) is 10.5 Å². The van der Waals surface area contributed by atoms with Crippen LogP contribution in [0.1, 0.15) is 31.2 Å². The SMILES string of the molecule is Cc1ccccc1NC(=O)NC1CCC(Oc2ccc(Cl)cn2)CC1. The van der Waals surface area contributed by atoms with Gasteiger partial charge in [-0.3, -0.25) is 0 Å². The van der Waals surface area contributed by atoms with Crippen LogP contribution in [-0.4, -0.2) is 23.2 Å². The van der Waals surface area contributed by atoms with Crippen LogP contribution < -0.4 is 15.4 Å². The van der Waals surface area contributed by atoms with Crippen molar-refractivity contribution in [2.45, 2.75) is 44.8 Å². The zero-order chi connectivity index (χ0) is 17.6. The molecule has 1 aliphatic rings. The summed E-state index contributed by atoms with van der Waals surface area (Å²) in [5.74, 6) is 0.595. The first kappa shape index (κ1) is 17.5. The largest absolute Gasteiger partial charge is 0.474 e. The molecule has 1 fully saturated rings. The van der Waals surface area contributed by atoms with Crippen LogP contribution in [0.2, 0.25) is 5.02 Å². The van der Waals surface area contributed by atoms with Gasteiger partial charge in [-0.15, -0.1) is 0 Å². The maximum Gasteiger partial charge on any atom is 0.319 e. The van der Waals surface area contributed by atoms with Crippen molar-refractivity contribution in [2.24, 2.45) is 0 Å². The lowest BCUT2D eigenvalue weighted by Crippen LogP contribution is -2.41. The van der Waals surface area contributed by atoms with E-state index in [-0.39, 0.29) is 18.2 Å². The molecule has 0 saturated heterocycles. The van der Waals surface area contributed by atoms with Crippen molar-refractivity contribution in [1.29, 1.82) is 0 Å². The van der Waals surface area contributed by atoms with Crippen LogP contribution in [-0.2, 0) is 0 Å². The first-order chi connectivity index (χ1) is 12.1. The lowest BCUT2D eigenvalue weighted by Gasteiger charge is -2.29. The standard InChI is InChI=1S/C19H22ClN3O2/c1-13-4-2-3-5-17(13)23-19(24)22-15-7-9-16(10-8-15)25-18-11-6-14(20)12-21-18/h2-6,11-12,15-16H,7-10H2,1H3,(H2,22,23,24). The number of carbonyl (C=O) groups excluding carboxylic acids is 1. The summed E-state index contributed by atoms with van der Waals surface area (Å²) < 4.78 is 5.88. The number of amides is 2. The fourth-order valence-corrected chi connectivity index (χ4v) is 3.10. The first-order valence-electron chi connectivity index (χ1n) is 8.51. The Morgan fingerprint density at radius 3 is 2.60 bits per heavy atom. The van der Waals surface area contributed by atoms with Gasteiger partial charge in [0.15, 0.2) is 0 Å². The van der Waals surface area contributed by atoms with E-state index in [0.717, 1.165) is 36.9 Å². The molecule has 1 aliphatic carbocycles. The van der Waals surface area contributed by atoms with Crippen LogP contribution in [0.15, 0.2) is 42.6 Å². The molecule has 1 aromatic carbocycles. The number of hydrogen-bond acceptors (Lipinski definition) is 3. The Kier molecular flexibility index (Phi) is 5.76. The number of aryl methyl sites for hydroxylation is 1. The van der Waals surface area contributed by atoms with Crippen LogP contribution in [0.3, 0.4) is 0 Å². The Morgan fingerprint density at radius 1 is 1.16 bits per heavy atom. The number of urea groups is 1. The molecule has 0 radical (unpaired) electrons. The zero-order valence-corrected chi connectivity index (χ0v) is 14.9. The fourth-order valence-electron chi connectivity index (χ4n) is 2.98. The van der Waals surface area contributed by atoms with Gasteiger partial charge in [0.05, 0.1) is 5.02 Å². The summed E-state index contributed by atoms with van der Waals surface area (Å²) in [5, 5.41) is 6.55. The van der Waals surface area contributed by atoms with E-state index < -0.39 is 0 Å². The number of pyridine rings is 1. The average Bonchev–Trinajstić information content (AvgIpc) is 2.61. The highest BCUT2D eigenvalue weighted by molar-refractivity contribution is 6.30. The molecule has 2 N–H and O–H groups in total. The molecule has 25 heavy (non-hydrogen) atoms. The smallest absolute Gasteiger partial charge is 0.319 e. The number of carbonyl (C=O) groups is 1. The minimum atomic E-state index is -0.155. The number of rotatable bonds is 4. The summed E-state index contributed by atoms with van der Waals surface area (Å²) in [5.41, 5.74) is 1.89. The van der Waals surface area contributed by atoms with Gasteiger partial charge >= 0.3 is 6.03 Å². The van der Waals surface area contributed by atoms with Gasteiger partial charge in [0.2, 0.25) is 5.88 Å². The minimum Gasteiger partial charge on any atom is -0.474 e. The lowest BCUT2D eigenvalue weighted by atomic mass is 9.93. The van der Waals surface area contributed by atoms with E-state index in [2.05, 4.69) is 15.6 Å². The molecule has 0 spiro atoms. The van der Waals surface area contributed by atoms with E-state index in [9.17, 15) is 4.79 Å². The molecular weight excluding hydrogens is 338 g/mol. The Morgan fingerprint density at radius 2 is 1.92 bits per heavy atom. The van der Waals surface area contributed by atoms with E-state index >= 15 is 0 Å². The van der Waals surface area contributed by atoms with Crippen molar-refractivity contribution in [3.63, 3.8) is 0 Å². The number of benzene rings is 1. The van der Waals surface area contributed by atoms with E-state index in [1.54, 1.807) is 18.3 Å². The maximum atomic E-state index is 12.2. The number of hydrogen-bond donors (Lipinski definition) is 2. The van der Waals surface area contributed by atoms with E-state index in [4.69, 9.17) is 16.3 Å². The Bertz CT molecular complexity index is 713. The van der Waals surface area contributed by atoms with Crippen LogP contribution in [0, 0.1) is 6.92 Å². The molecule has 0 bridgehead atoms. The second-order valence-corrected chi connectivity index (χ2v) is 6.76. The number of nitrogens with zero attached hydrogens (tertiary/aromatic N) is 1. The van der Waals surface area contributed by atoms with Gasteiger partial charge in [-0.1, -0.05) is 29.8 Å². The minimum absolute atomic E-state index is 0.131. The highest BCUT2D eigenvalue weighted by atomic mass is 35.5. The third-order valence-electron chi connectivity index (χ3n) is 4.39. The Hall–Kier alpha value is -2.27. The normalized spacial score (nSPS) is 19.9. The van der Waals surface area contributed by atoms with Crippen LogP contribution >= 0.6 is 11.6 Å².